The molecule has 2 N–H and O–H groups in total. The Morgan fingerprint density at radius 3 is 2.44 bits per heavy atom. The van der Waals surface area contributed by atoms with Crippen LogP contribution in [0.5, 0.6) is 17.2 Å². The molecule has 0 fully saturated rings. The van der Waals surface area contributed by atoms with Crippen molar-refractivity contribution < 1.29 is 33.3 Å². The van der Waals surface area contributed by atoms with Gasteiger partial charge in [-0.2, -0.15) is 5.10 Å². The van der Waals surface area contributed by atoms with Gasteiger partial charge in [0.05, 0.1) is 37.4 Å². The first-order valence-corrected chi connectivity index (χ1v) is 12.1. The highest BCUT2D eigenvalue weighted by Crippen LogP contribution is 2.36. The maximum Gasteiger partial charge on any atom is 0.344 e. The third-order valence-corrected chi connectivity index (χ3v) is 5.24. The third-order valence-electron chi connectivity index (χ3n) is 4.65. The normalized spacial score (nSPS) is 11.5. The average Bonchev–Trinajstić information content (AvgIpc) is 2.84. The van der Waals surface area contributed by atoms with Crippen LogP contribution in [0.15, 0.2) is 46.0 Å². The van der Waals surface area contributed by atoms with Crippen molar-refractivity contribution in [2.75, 3.05) is 26.9 Å². The second-order valence-electron chi connectivity index (χ2n) is 7.41. The number of benzene rings is 2. The van der Waals surface area contributed by atoms with Gasteiger partial charge in [0.1, 0.15) is 11.8 Å². The minimum atomic E-state index is -0.794. The Balaban J connectivity index is 1.94. The van der Waals surface area contributed by atoms with Crippen molar-refractivity contribution in [1.29, 1.82) is 0 Å². The molecule has 0 heterocycles. The summed E-state index contributed by atoms with van der Waals surface area (Å²) in [7, 11) is 1.57. The van der Waals surface area contributed by atoms with Crippen LogP contribution in [-0.4, -0.2) is 57.0 Å². The first kappa shape index (κ1) is 28.6. The molecule has 2 aromatic rings. The first-order chi connectivity index (χ1) is 17.3. The molecule has 0 saturated heterocycles. The molecule has 0 spiro atoms. The summed E-state index contributed by atoms with van der Waals surface area (Å²) in [4.78, 5) is 36.2. The fraction of sp³-hybridized carbons (Fsp3) is 0.360. The Morgan fingerprint density at radius 1 is 1.08 bits per heavy atom. The Kier molecular flexibility index (Phi) is 11.7. The number of esters is 1. The number of hydrogen-bond acceptors (Lipinski definition) is 8. The van der Waals surface area contributed by atoms with Crippen LogP contribution >= 0.6 is 15.9 Å². The molecule has 2 aromatic carbocycles. The molecule has 0 aliphatic rings. The smallest absolute Gasteiger partial charge is 0.344 e. The van der Waals surface area contributed by atoms with Gasteiger partial charge < -0.3 is 24.3 Å². The van der Waals surface area contributed by atoms with Crippen LogP contribution in [0.2, 0.25) is 0 Å². The van der Waals surface area contributed by atoms with Gasteiger partial charge in [0, 0.05) is 0 Å². The molecular weight excluding hydrogens is 534 g/mol. The number of amides is 2. The lowest BCUT2D eigenvalue weighted by atomic mass is 10.1. The number of hydrogen-bond donors (Lipinski definition) is 2. The molecule has 2 amide bonds. The summed E-state index contributed by atoms with van der Waals surface area (Å²) < 4.78 is 21.7. The predicted octanol–water partition coefficient (Wildman–Crippen LogP) is 3.00. The van der Waals surface area contributed by atoms with E-state index in [0.717, 1.165) is 5.56 Å². The van der Waals surface area contributed by atoms with Crippen molar-refractivity contribution in [3.05, 3.63) is 52.0 Å². The Hall–Kier alpha value is -3.60. The minimum absolute atomic E-state index is 0.129. The highest BCUT2D eigenvalue weighted by atomic mass is 79.9. The third kappa shape index (κ3) is 9.21. The van der Waals surface area contributed by atoms with Crippen LogP contribution in [0.4, 0.5) is 0 Å². The van der Waals surface area contributed by atoms with Crippen LogP contribution in [0.3, 0.4) is 0 Å². The summed E-state index contributed by atoms with van der Waals surface area (Å²) in [5, 5.41) is 6.60. The standard InChI is InChI=1S/C25H30BrN3O7/c1-5-34-21-12-18(11-20(26)24(21)36-15-23(31)35-6-2)14-27-29-25(32)16(3)28-22(30)13-17-7-9-19(33-4)10-8-17/h7-12,14,16H,5-6,13,15H2,1-4H3,(H,28,30)(H,29,32). The number of rotatable bonds is 13. The Bertz CT molecular complexity index is 1070. The van der Waals surface area contributed by atoms with Crippen LogP contribution in [-0.2, 0) is 25.5 Å². The second-order valence-corrected chi connectivity index (χ2v) is 8.26. The maximum absolute atomic E-state index is 12.3. The molecule has 1 unspecified atom stereocenters. The lowest BCUT2D eigenvalue weighted by molar-refractivity contribution is -0.145. The molecule has 0 radical (unpaired) electrons. The highest BCUT2D eigenvalue weighted by Gasteiger charge is 2.16. The predicted molar refractivity (Wildman–Crippen MR) is 137 cm³/mol. The molecule has 194 valence electrons. The van der Waals surface area contributed by atoms with Crippen LogP contribution < -0.4 is 25.0 Å². The molecular formula is C25H30BrN3O7. The quantitative estimate of drug-likeness (QED) is 0.218. The van der Waals surface area contributed by atoms with Crippen molar-refractivity contribution in [2.24, 2.45) is 5.10 Å². The number of ether oxygens (including phenoxy) is 4. The van der Waals surface area contributed by atoms with E-state index in [1.54, 1.807) is 57.4 Å². The van der Waals surface area contributed by atoms with Gasteiger partial charge in [-0.3, -0.25) is 9.59 Å². The highest BCUT2D eigenvalue weighted by molar-refractivity contribution is 9.10. The zero-order valence-corrected chi connectivity index (χ0v) is 22.2. The van der Waals surface area contributed by atoms with E-state index in [4.69, 9.17) is 18.9 Å². The van der Waals surface area contributed by atoms with E-state index in [2.05, 4.69) is 31.8 Å². The molecule has 0 bridgehead atoms. The van der Waals surface area contributed by atoms with E-state index in [0.29, 0.717) is 33.9 Å². The van der Waals surface area contributed by atoms with E-state index in [9.17, 15) is 14.4 Å². The fourth-order valence-corrected chi connectivity index (χ4v) is 3.53. The van der Waals surface area contributed by atoms with Crippen LogP contribution in [0.25, 0.3) is 0 Å². The van der Waals surface area contributed by atoms with Crippen LogP contribution in [0.1, 0.15) is 31.9 Å². The van der Waals surface area contributed by atoms with Gasteiger partial charge in [-0.05, 0) is 72.1 Å². The van der Waals surface area contributed by atoms with E-state index >= 15 is 0 Å². The topological polar surface area (TPSA) is 125 Å². The van der Waals surface area contributed by atoms with E-state index in [1.165, 1.54) is 6.21 Å². The molecule has 2 rings (SSSR count). The maximum atomic E-state index is 12.3. The summed E-state index contributed by atoms with van der Waals surface area (Å²) in [6.45, 7) is 5.45. The molecule has 36 heavy (non-hydrogen) atoms. The van der Waals surface area contributed by atoms with Gasteiger partial charge in [0.2, 0.25) is 5.91 Å². The molecule has 10 nitrogen and oxygen atoms in total. The SMILES string of the molecule is CCOC(=O)COc1c(Br)cc(C=NNC(=O)C(C)NC(=O)Cc2ccc(OC)cc2)cc1OCC. The van der Waals surface area contributed by atoms with Gasteiger partial charge in [0.25, 0.3) is 5.91 Å². The minimum Gasteiger partial charge on any atom is -0.497 e. The summed E-state index contributed by atoms with van der Waals surface area (Å²) in [6, 6.07) is 9.66. The van der Waals surface area contributed by atoms with Crippen molar-refractivity contribution in [2.45, 2.75) is 33.2 Å². The Labute approximate surface area is 218 Å². The molecule has 0 saturated carbocycles. The summed E-state index contributed by atoms with van der Waals surface area (Å²) >= 11 is 3.40. The number of hydrazone groups is 1. The van der Waals surface area contributed by atoms with Crippen molar-refractivity contribution >= 4 is 39.9 Å². The second kappa shape index (κ2) is 14.7. The number of carbonyl (C=O) groups is 3. The monoisotopic (exact) mass is 563 g/mol. The first-order valence-electron chi connectivity index (χ1n) is 11.3. The number of carbonyl (C=O) groups excluding carboxylic acids is 3. The number of halogens is 1. The van der Waals surface area contributed by atoms with Gasteiger partial charge in [-0.15, -0.1) is 0 Å². The molecule has 0 aliphatic heterocycles. The van der Waals surface area contributed by atoms with Gasteiger partial charge in [0.15, 0.2) is 18.1 Å². The van der Waals surface area contributed by atoms with Crippen molar-refractivity contribution in [3.8, 4) is 17.2 Å². The van der Waals surface area contributed by atoms with E-state index in [-0.39, 0.29) is 25.5 Å². The fourth-order valence-electron chi connectivity index (χ4n) is 2.95. The molecule has 0 aliphatic carbocycles. The van der Waals surface area contributed by atoms with E-state index in [1.807, 2.05) is 6.92 Å². The van der Waals surface area contributed by atoms with Crippen molar-refractivity contribution in [3.63, 3.8) is 0 Å². The lowest BCUT2D eigenvalue weighted by Crippen LogP contribution is -2.43. The number of nitrogens with one attached hydrogen (secondary N) is 2. The van der Waals surface area contributed by atoms with Gasteiger partial charge in [-0.1, -0.05) is 12.1 Å². The van der Waals surface area contributed by atoms with Gasteiger partial charge >= 0.3 is 5.97 Å². The summed E-state index contributed by atoms with van der Waals surface area (Å²) in [6.07, 6.45) is 1.55. The lowest BCUT2D eigenvalue weighted by Gasteiger charge is -2.14. The van der Waals surface area contributed by atoms with E-state index < -0.39 is 17.9 Å². The van der Waals surface area contributed by atoms with Crippen LogP contribution in [0, 0.1) is 0 Å². The summed E-state index contributed by atoms with van der Waals surface area (Å²) in [5.41, 5.74) is 3.80. The Morgan fingerprint density at radius 2 is 1.81 bits per heavy atom. The van der Waals surface area contributed by atoms with Crippen molar-refractivity contribution in [1.82, 2.24) is 10.7 Å². The molecule has 11 heteroatoms. The summed E-state index contributed by atoms with van der Waals surface area (Å²) in [5.74, 6) is 0.167. The average molecular weight is 564 g/mol. The van der Waals surface area contributed by atoms with Gasteiger partial charge in [-0.25, -0.2) is 10.2 Å². The molecule has 0 aromatic heterocycles. The molecule has 1 atom stereocenters. The number of methoxy groups -OCH3 is 1. The zero-order valence-electron chi connectivity index (χ0n) is 20.6. The largest absolute Gasteiger partial charge is 0.497 e. The number of nitrogens with zero attached hydrogens (tertiary/aromatic N) is 1. The zero-order chi connectivity index (χ0) is 26.5.